The van der Waals surface area contributed by atoms with Crippen molar-refractivity contribution in [1.82, 2.24) is 10.2 Å². The fourth-order valence-electron chi connectivity index (χ4n) is 2.32. The summed E-state index contributed by atoms with van der Waals surface area (Å²) in [6.45, 7) is 0. The molecule has 2 aliphatic rings. The molecule has 2 heterocycles. The van der Waals surface area contributed by atoms with Crippen LogP contribution in [0.15, 0.2) is 29.4 Å². The van der Waals surface area contributed by atoms with E-state index in [9.17, 15) is 9.18 Å². The Hall–Kier alpha value is -2.35. The van der Waals surface area contributed by atoms with Crippen LogP contribution in [0.4, 0.5) is 9.52 Å². The monoisotopic (exact) mass is 332 g/mol. The van der Waals surface area contributed by atoms with E-state index in [0.29, 0.717) is 28.7 Å². The van der Waals surface area contributed by atoms with Crippen molar-refractivity contribution < 1.29 is 14.0 Å². The summed E-state index contributed by atoms with van der Waals surface area (Å²) in [5.41, 5.74) is 1.17. The Morgan fingerprint density at radius 2 is 2.22 bits per heavy atom. The van der Waals surface area contributed by atoms with Gasteiger partial charge in [0.1, 0.15) is 10.8 Å². The third-order valence-electron chi connectivity index (χ3n) is 3.72. The van der Waals surface area contributed by atoms with Gasteiger partial charge in [0, 0.05) is 17.9 Å². The number of rotatable bonds is 4. The van der Waals surface area contributed by atoms with Gasteiger partial charge in [0.25, 0.3) is 5.91 Å². The zero-order chi connectivity index (χ0) is 15.8. The summed E-state index contributed by atoms with van der Waals surface area (Å²) in [5.74, 6) is -0.165. The number of amides is 1. The zero-order valence-electron chi connectivity index (χ0n) is 12.0. The number of oxime groups is 1. The molecule has 0 radical (unpaired) electrons. The third kappa shape index (κ3) is 3.07. The summed E-state index contributed by atoms with van der Waals surface area (Å²) in [4.78, 5) is 17.4. The highest BCUT2D eigenvalue weighted by Gasteiger charge is 2.31. The molecule has 1 aromatic carbocycles. The van der Waals surface area contributed by atoms with Crippen molar-refractivity contribution in [3.05, 3.63) is 40.7 Å². The Kier molecular flexibility index (Phi) is 3.53. The van der Waals surface area contributed by atoms with Crippen molar-refractivity contribution in [2.45, 2.75) is 31.3 Å². The molecule has 0 saturated heterocycles. The lowest BCUT2D eigenvalue weighted by Gasteiger charge is -2.06. The molecule has 1 fully saturated rings. The number of benzene rings is 1. The van der Waals surface area contributed by atoms with Crippen LogP contribution in [0.5, 0.6) is 0 Å². The lowest BCUT2D eigenvalue weighted by atomic mass is 10.0. The minimum absolute atomic E-state index is 0.295. The molecule has 0 bridgehead atoms. The Morgan fingerprint density at radius 3 is 3.00 bits per heavy atom. The van der Waals surface area contributed by atoms with Gasteiger partial charge in [-0.05, 0) is 25.0 Å². The van der Waals surface area contributed by atoms with Crippen molar-refractivity contribution in [3.8, 4) is 0 Å². The fourth-order valence-corrected chi connectivity index (χ4v) is 3.24. The predicted molar refractivity (Wildman–Crippen MR) is 82.9 cm³/mol. The first kappa shape index (κ1) is 14.3. The summed E-state index contributed by atoms with van der Waals surface area (Å²) in [5, 5.41) is 16.1. The summed E-state index contributed by atoms with van der Waals surface area (Å²) >= 11 is 1.39. The molecule has 1 N–H and O–H groups in total. The van der Waals surface area contributed by atoms with Crippen LogP contribution in [0.3, 0.4) is 0 Å². The van der Waals surface area contributed by atoms with Gasteiger partial charge in [-0.1, -0.05) is 28.6 Å². The van der Waals surface area contributed by atoms with E-state index in [0.717, 1.165) is 17.8 Å². The molecule has 1 atom stereocenters. The molecule has 1 amide bonds. The van der Waals surface area contributed by atoms with Crippen LogP contribution in [0.2, 0.25) is 0 Å². The molecule has 2 aromatic rings. The van der Waals surface area contributed by atoms with Crippen LogP contribution >= 0.6 is 11.3 Å². The van der Waals surface area contributed by atoms with E-state index >= 15 is 0 Å². The highest BCUT2D eigenvalue weighted by atomic mass is 32.1. The maximum absolute atomic E-state index is 13.2. The molecular formula is C15H13FN4O2S. The number of carbonyl (C=O) groups is 1. The second-order valence-corrected chi connectivity index (χ2v) is 6.56. The normalized spacial score (nSPS) is 20.0. The summed E-state index contributed by atoms with van der Waals surface area (Å²) in [6.07, 6.45) is 1.84. The molecular weight excluding hydrogens is 319 g/mol. The van der Waals surface area contributed by atoms with E-state index in [1.165, 1.54) is 23.5 Å². The predicted octanol–water partition coefficient (Wildman–Crippen LogP) is 2.69. The first-order valence-corrected chi connectivity index (χ1v) is 8.13. The van der Waals surface area contributed by atoms with Crippen molar-refractivity contribution in [3.63, 3.8) is 0 Å². The molecule has 1 aliphatic heterocycles. The van der Waals surface area contributed by atoms with E-state index in [2.05, 4.69) is 20.7 Å². The molecule has 8 heteroatoms. The average molecular weight is 332 g/mol. The Morgan fingerprint density at radius 1 is 1.35 bits per heavy atom. The number of nitrogens with one attached hydrogen (secondary N) is 1. The summed E-state index contributed by atoms with van der Waals surface area (Å²) < 4.78 is 13.2. The van der Waals surface area contributed by atoms with Crippen molar-refractivity contribution in [1.29, 1.82) is 0 Å². The molecule has 0 spiro atoms. The molecule has 1 aromatic heterocycles. The second kappa shape index (κ2) is 5.69. The minimum Gasteiger partial charge on any atom is -0.382 e. The van der Waals surface area contributed by atoms with Gasteiger partial charge in [-0.2, -0.15) is 0 Å². The van der Waals surface area contributed by atoms with Crippen LogP contribution in [-0.2, 0) is 9.63 Å². The van der Waals surface area contributed by atoms with Gasteiger partial charge in [-0.15, -0.1) is 10.2 Å². The smallest absolute Gasteiger partial charge is 0.270 e. The molecule has 23 heavy (non-hydrogen) atoms. The fraction of sp³-hybridized carbons (Fsp3) is 0.333. The van der Waals surface area contributed by atoms with Crippen molar-refractivity contribution in [2.24, 2.45) is 5.16 Å². The van der Waals surface area contributed by atoms with E-state index < -0.39 is 6.10 Å². The van der Waals surface area contributed by atoms with E-state index in [-0.39, 0.29) is 11.7 Å². The molecule has 1 saturated carbocycles. The molecule has 118 valence electrons. The number of anilines is 1. The zero-order valence-corrected chi connectivity index (χ0v) is 12.8. The van der Waals surface area contributed by atoms with Gasteiger partial charge in [0.15, 0.2) is 0 Å². The van der Waals surface area contributed by atoms with Crippen LogP contribution in [0.1, 0.15) is 35.8 Å². The topological polar surface area (TPSA) is 76.5 Å². The number of hydrogen-bond acceptors (Lipinski definition) is 6. The van der Waals surface area contributed by atoms with E-state index in [1.807, 2.05) is 0 Å². The lowest BCUT2D eigenvalue weighted by Crippen LogP contribution is -2.28. The largest absolute Gasteiger partial charge is 0.382 e. The molecule has 0 unspecified atom stereocenters. The van der Waals surface area contributed by atoms with Crippen LogP contribution < -0.4 is 5.32 Å². The second-order valence-electron chi connectivity index (χ2n) is 5.56. The standard InChI is InChI=1S/C15H13FN4O2S/c16-10-3-1-2-9(6-10)11-7-12(22-20-11)13(21)17-15-19-18-14(23-15)8-4-5-8/h1-3,6,8,12H,4-5,7H2,(H,17,19,21)/t12-/m0/s1. The minimum atomic E-state index is -0.735. The Balaban J connectivity index is 1.38. The number of nitrogens with zero attached hydrogens (tertiary/aromatic N) is 3. The first-order valence-electron chi connectivity index (χ1n) is 7.32. The first-order chi connectivity index (χ1) is 11.2. The van der Waals surface area contributed by atoms with Crippen LogP contribution in [0, 0.1) is 5.82 Å². The maximum atomic E-state index is 13.2. The quantitative estimate of drug-likeness (QED) is 0.934. The highest BCUT2D eigenvalue weighted by Crippen LogP contribution is 2.42. The SMILES string of the molecule is O=C(Nc1nnc(C2CC2)s1)[C@@H]1CC(c2cccc(F)c2)=NO1. The van der Waals surface area contributed by atoms with Gasteiger partial charge >= 0.3 is 0 Å². The maximum Gasteiger partial charge on any atom is 0.270 e. The highest BCUT2D eigenvalue weighted by molar-refractivity contribution is 7.15. The summed E-state index contributed by atoms with van der Waals surface area (Å²) in [6, 6.07) is 6.06. The summed E-state index contributed by atoms with van der Waals surface area (Å²) in [7, 11) is 0. The number of hydrogen-bond donors (Lipinski definition) is 1. The van der Waals surface area contributed by atoms with Gasteiger partial charge in [0.2, 0.25) is 11.2 Å². The van der Waals surface area contributed by atoms with Gasteiger partial charge in [-0.3, -0.25) is 10.1 Å². The van der Waals surface area contributed by atoms with Gasteiger partial charge < -0.3 is 4.84 Å². The Bertz CT molecular complexity index is 787. The number of aromatic nitrogens is 2. The number of halogens is 1. The lowest BCUT2D eigenvalue weighted by molar-refractivity contribution is -0.125. The van der Waals surface area contributed by atoms with Gasteiger partial charge in [0.05, 0.1) is 5.71 Å². The number of carbonyl (C=O) groups excluding carboxylic acids is 1. The third-order valence-corrected chi connectivity index (χ3v) is 4.72. The van der Waals surface area contributed by atoms with Crippen LogP contribution in [-0.4, -0.2) is 27.9 Å². The molecule has 4 rings (SSSR count). The molecule has 1 aliphatic carbocycles. The van der Waals surface area contributed by atoms with Crippen molar-refractivity contribution >= 4 is 28.1 Å². The van der Waals surface area contributed by atoms with Crippen LogP contribution in [0.25, 0.3) is 0 Å². The van der Waals surface area contributed by atoms with Crippen molar-refractivity contribution in [2.75, 3.05) is 5.32 Å². The van der Waals surface area contributed by atoms with E-state index in [4.69, 9.17) is 4.84 Å². The van der Waals surface area contributed by atoms with E-state index in [1.54, 1.807) is 12.1 Å². The molecule has 6 nitrogen and oxygen atoms in total. The Labute approximate surface area is 135 Å². The average Bonchev–Trinajstić information content (AvgIpc) is 3.09. The van der Waals surface area contributed by atoms with Gasteiger partial charge in [-0.25, -0.2) is 4.39 Å².